The van der Waals surface area contributed by atoms with Gasteiger partial charge < -0.3 is 5.32 Å². The molecule has 0 bridgehead atoms. The third-order valence-corrected chi connectivity index (χ3v) is 3.94. The molecule has 1 aromatic carbocycles. The van der Waals surface area contributed by atoms with Crippen molar-refractivity contribution in [1.82, 2.24) is 0 Å². The van der Waals surface area contributed by atoms with Crippen molar-refractivity contribution in [2.45, 2.75) is 0 Å². The predicted octanol–water partition coefficient (Wildman–Crippen LogP) is 4.60. The summed E-state index contributed by atoms with van der Waals surface area (Å²) in [7, 11) is 0. The van der Waals surface area contributed by atoms with Crippen LogP contribution in [0.15, 0.2) is 40.6 Å². The fourth-order valence-electron chi connectivity index (χ4n) is 1.46. The number of nitriles is 1. The number of carbonyl (C=O) groups excluding carboxylic acids is 1. The molecule has 2 rings (SSSR count). The molecule has 0 spiro atoms. The molecule has 6 heteroatoms. The predicted molar refractivity (Wildman–Crippen MR) is 83.0 cm³/mol. The van der Waals surface area contributed by atoms with E-state index in [1.54, 1.807) is 18.2 Å². The van der Waals surface area contributed by atoms with Gasteiger partial charge in [-0.1, -0.05) is 29.3 Å². The normalized spacial score (nSPS) is 10.9. The highest BCUT2D eigenvalue weighted by atomic mass is 35.5. The Morgan fingerprint density at radius 2 is 2.15 bits per heavy atom. The van der Waals surface area contributed by atoms with E-state index in [1.807, 2.05) is 22.9 Å². The molecule has 0 saturated heterocycles. The first-order chi connectivity index (χ1) is 9.61. The largest absolute Gasteiger partial charge is 0.320 e. The lowest BCUT2D eigenvalue weighted by molar-refractivity contribution is -0.112. The van der Waals surface area contributed by atoms with E-state index in [9.17, 15) is 4.79 Å². The minimum absolute atomic E-state index is 0.000517. The quantitative estimate of drug-likeness (QED) is 0.663. The molecule has 20 heavy (non-hydrogen) atoms. The second kappa shape index (κ2) is 6.58. The molecule has 0 saturated carbocycles. The van der Waals surface area contributed by atoms with Crippen molar-refractivity contribution in [1.29, 1.82) is 5.26 Å². The van der Waals surface area contributed by atoms with Gasteiger partial charge in [-0.2, -0.15) is 16.6 Å². The van der Waals surface area contributed by atoms with Gasteiger partial charge >= 0.3 is 0 Å². The average molecular weight is 323 g/mol. The maximum absolute atomic E-state index is 12.0. The van der Waals surface area contributed by atoms with Crippen LogP contribution in [-0.2, 0) is 4.79 Å². The van der Waals surface area contributed by atoms with E-state index in [0.717, 1.165) is 5.56 Å². The van der Waals surface area contributed by atoms with E-state index in [1.165, 1.54) is 17.4 Å². The number of thiophene rings is 1. The van der Waals surface area contributed by atoms with Crippen LogP contribution >= 0.6 is 34.5 Å². The number of halogens is 2. The molecule has 0 fully saturated rings. The standard InChI is InChI=1S/C14H8Cl2N2OS/c15-11-2-1-3-12(13(11)16)18-14(19)10(7-17)6-9-4-5-20-8-9/h1-6,8H,(H,18,19). The van der Waals surface area contributed by atoms with Gasteiger partial charge in [0, 0.05) is 0 Å². The van der Waals surface area contributed by atoms with Crippen molar-refractivity contribution in [3.05, 3.63) is 56.2 Å². The smallest absolute Gasteiger partial charge is 0.266 e. The van der Waals surface area contributed by atoms with Gasteiger partial charge in [0.15, 0.2) is 0 Å². The Morgan fingerprint density at radius 1 is 1.35 bits per heavy atom. The monoisotopic (exact) mass is 322 g/mol. The number of hydrogen-bond acceptors (Lipinski definition) is 3. The van der Waals surface area contributed by atoms with Crippen molar-refractivity contribution in [2.24, 2.45) is 0 Å². The fraction of sp³-hybridized carbons (Fsp3) is 0. The summed E-state index contributed by atoms with van der Waals surface area (Å²) in [5.74, 6) is -0.525. The van der Waals surface area contributed by atoms with E-state index < -0.39 is 5.91 Å². The number of anilines is 1. The molecule has 1 aromatic heterocycles. The lowest BCUT2D eigenvalue weighted by atomic mass is 10.2. The van der Waals surface area contributed by atoms with Crippen LogP contribution in [0.1, 0.15) is 5.56 Å². The third-order valence-electron chi connectivity index (χ3n) is 2.42. The Labute approximate surface area is 130 Å². The minimum Gasteiger partial charge on any atom is -0.320 e. The van der Waals surface area contributed by atoms with Gasteiger partial charge in [0.25, 0.3) is 5.91 Å². The second-order valence-corrected chi connectivity index (χ2v) is 5.35. The van der Waals surface area contributed by atoms with Gasteiger partial charge in [0.2, 0.25) is 0 Å². The number of amides is 1. The van der Waals surface area contributed by atoms with Crippen LogP contribution in [0.25, 0.3) is 6.08 Å². The SMILES string of the molecule is N#CC(=Cc1ccsc1)C(=O)Nc1cccc(Cl)c1Cl. The zero-order valence-corrected chi connectivity index (χ0v) is 12.4. The van der Waals surface area contributed by atoms with Crippen LogP contribution < -0.4 is 5.32 Å². The highest BCUT2D eigenvalue weighted by Crippen LogP contribution is 2.29. The molecule has 2 aromatic rings. The van der Waals surface area contributed by atoms with Gasteiger partial charge in [-0.25, -0.2) is 0 Å². The topological polar surface area (TPSA) is 52.9 Å². The maximum atomic E-state index is 12.0. The summed E-state index contributed by atoms with van der Waals surface area (Å²) < 4.78 is 0. The molecule has 0 aliphatic heterocycles. The molecular formula is C14H8Cl2N2OS. The molecule has 1 amide bonds. The summed E-state index contributed by atoms with van der Waals surface area (Å²) >= 11 is 13.3. The first kappa shape index (κ1) is 14.6. The van der Waals surface area contributed by atoms with E-state index in [4.69, 9.17) is 28.5 Å². The first-order valence-corrected chi connectivity index (χ1v) is 7.21. The van der Waals surface area contributed by atoms with Gasteiger partial charge in [0.05, 0.1) is 15.7 Å². The summed E-state index contributed by atoms with van der Waals surface area (Å²) in [6, 6.07) is 8.59. The number of nitrogens with one attached hydrogen (secondary N) is 1. The number of rotatable bonds is 3. The summed E-state index contributed by atoms with van der Waals surface area (Å²) in [4.78, 5) is 12.0. The number of benzene rings is 1. The molecule has 0 atom stereocenters. The summed E-state index contributed by atoms with van der Waals surface area (Å²) in [5.41, 5.74) is 1.17. The van der Waals surface area contributed by atoms with E-state index in [0.29, 0.717) is 10.7 Å². The molecule has 0 aliphatic rings. The van der Waals surface area contributed by atoms with Crippen LogP contribution in [0.4, 0.5) is 5.69 Å². The molecule has 100 valence electrons. The van der Waals surface area contributed by atoms with E-state index in [2.05, 4.69) is 5.32 Å². The average Bonchev–Trinajstić information content (AvgIpc) is 2.94. The summed E-state index contributed by atoms with van der Waals surface area (Å²) in [6.45, 7) is 0. The molecule has 0 unspecified atom stereocenters. The fourth-order valence-corrected chi connectivity index (χ4v) is 2.43. The van der Waals surface area contributed by atoms with E-state index in [-0.39, 0.29) is 10.6 Å². The molecule has 0 aliphatic carbocycles. The van der Waals surface area contributed by atoms with Gasteiger partial charge in [0.1, 0.15) is 11.6 Å². The van der Waals surface area contributed by atoms with Crippen LogP contribution in [0.5, 0.6) is 0 Å². The Hall–Kier alpha value is -1.80. The maximum Gasteiger partial charge on any atom is 0.266 e. The number of hydrogen-bond donors (Lipinski definition) is 1. The lowest BCUT2D eigenvalue weighted by Crippen LogP contribution is -2.13. The number of nitrogens with zero attached hydrogens (tertiary/aromatic N) is 1. The van der Waals surface area contributed by atoms with Crippen molar-refractivity contribution in [2.75, 3.05) is 5.32 Å². The van der Waals surface area contributed by atoms with Crippen LogP contribution in [-0.4, -0.2) is 5.91 Å². The van der Waals surface area contributed by atoms with Crippen molar-refractivity contribution in [3.8, 4) is 6.07 Å². The molecule has 0 radical (unpaired) electrons. The zero-order valence-electron chi connectivity index (χ0n) is 10.1. The van der Waals surface area contributed by atoms with Crippen molar-refractivity contribution in [3.63, 3.8) is 0 Å². The zero-order chi connectivity index (χ0) is 14.5. The van der Waals surface area contributed by atoms with Gasteiger partial charge in [-0.05, 0) is 40.6 Å². The Morgan fingerprint density at radius 3 is 2.80 bits per heavy atom. The van der Waals surface area contributed by atoms with Gasteiger partial charge in [-0.3, -0.25) is 4.79 Å². The Kier molecular flexibility index (Phi) is 4.80. The molecule has 1 heterocycles. The molecule has 3 nitrogen and oxygen atoms in total. The molecule has 1 N–H and O–H groups in total. The van der Waals surface area contributed by atoms with Gasteiger partial charge in [-0.15, -0.1) is 0 Å². The van der Waals surface area contributed by atoms with Crippen molar-refractivity contribution < 1.29 is 4.79 Å². The molecular weight excluding hydrogens is 315 g/mol. The third kappa shape index (κ3) is 3.40. The van der Waals surface area contributed by atoms with E-state index >= 15 is 0 Å². The van der Waals surface area contributed by atoms with Crippen LogP contribution in [0, 0.1) is 11.3 Å². The minimum atomic E-state index is -0.525. The first-order valence-electron chi connectivity index (χ1n) is 5.51. The number of carbonyl (C=O) groups is 1. The summed E-state index contributed by atoms with van der Waals surface area (Å²) in [5, 5.41) is 15.9. The second-order valence-electron chi connectivity index (χ2n) is 3.78. The highest BCUT2D eigenvalue weighted by molar-refractivity contribution is 7.08. The van der Waals surface area contributed by atoms with Crippen LogP contribution in [0.3, 0.4) is 0 Å². The Bertz CT molecular complexity index is 702. The van der Waals surface area contributed by atoms with Crippen LogP contribution in [0.2, 0.25) is 10.0 Å². The summed E-state index contributed by atoms with van der Waals surface area (Å²) in [6.07, 6.45) is 1.52. The van der Waals surface area contributed by atoms with Crippen molar-refractivity contribution >= 4 is 52.2 Å². The lowest BCUT2D eigenvalue weighted by Gasteiger charge is -2.07. The highest BCUT2D eigenvalue weighted by Gasteiger charge is 2.12. The Balaban J connectivity index is 2.23.